The van der Waals surface area contributed by atoms with Crippen molar-refractivity contribution in [3.63, 3.8) is 0 Å². The highest BCUT2D eigenvalue weighted by atomic mass is 16.5. The van der Waals surface area contributed by atoms with E-state index in [2.05, 4.69) is 0 Å². The maximum absolute atomic E-state index is 12.5. The molecule has 140 valence electrons. The van der Waals surface area contributed by atoms with Crippen LogP contribution in [0.25, 0.3) is 0 Å². The van der Waals surface area contributed by atoms with E-state index in [1.165, 1.54) is 29.7 Å². The number of nitrogens with two attached hydrogens (primary N) is 3. The van der Waals surface area contributed by atoms with Gasteiger partial charge in [0, 0.05) is 12.0 Å². The molecule has 0 bridgehead atoms. The van der Waals surface area contributed by atoms with Crippen LogP contribution in [0.5, 0.6) is 0 Å². The second-order valence-electron chi connectivity index (χ2n) is 5.49. The van der Waals surface area contributed by atoms with Gasteiger partial charge in [-0.3, -0.25) is 20.2 Å². The maximum Gasteiger partial charge on any atom is 0.332 e. The first-order chi connectivity index (χ1) is 12.1. The summed E-state index contributed by atoms with van der Waals surface area (Å²) in [5.74, 6) is -6.54. The lowest BCUT2D eigenvalue weighted by atomic mass is 9.74. The number of carbonyl (C=O) groups is 4. The molecule has 1 amide bonds. The molecule has 26 heavy (non-hydrogen) atoms. The van der Waals surface area contributed by atoms with E-state index in [0.29, 0.717) is 6.29 Å². The van der Waals surface area contributed by atoms with Gasteiger partial charge < -0.3 is 27.1 Å². The van der Waals surface area contributed by atoms with Crippen LogP contribution in [0.15, 0.2) is 24.3 Å². The van der Waals surface area contributed by atoms with Crippen molar-refractivity contribution in [3.8, 4) is 0 Å². The Labute approximate surface area is 147 Å². The molecule has 0 aliphatic heterocycles. The SMILES string of the molecule is N=C(N)c1ccc(C(C(=O)NO)C(N)(C(=O)O)C(=O)C(N)CC=O)cc1. The van der Waals surface area contributed by atoms with Crippen molar-refractivity contribution in [2.24, 2.45) is 17.2 Å². The molecule has 0 spiro atoms. The lowest BCUT2D eigenvalue weighted by Gasteiger charge is -2.32. The third-order valence-corrected chi connectivity index (χ3v) is 3.83. The van der Waals surface area contributed by atoms with Crippen molar-refractivity contribution in [1.29, 1.82) is 5.41 Å². The fraction of sp³-hybridized carbons (Fsp3) is 0.267. The number of rotatable bonds is 9. The van der Waals surface area contributed by atoms with Gasteiger partial charge in [-0.2, -0.15) is 0 Å². The average Bonchev–Trinajstić information content (AvgIpc) is 2.61. The predicted molar refractivity (Wildman–Crippen MR) is 88.3 cm³/mol. The topological polar surface area (TPSA) is 223 Å². The summed E-state index contributed by atoms with van der Waals surface area (Å²) in [4.78, 5) is 47.0. The van der Waals surface area contributed by atoms with Gasteiger partial charge in [-0.05, 0) is 5.56 Å². The molecule has 0 fully saturated rings. The van der Waals surface area contributed by atoms with E-state index in [1.807, 2.05) is 0 Å². The Morgan fingerprint density at radius 2 is 1.81 bits per heavy atom. The quantitative estimate of drug-likeness (QED) is 0.0630. The molecule has 0 aromatic heterocycles. The molecule has 0 aliphatic rings. The summed E-state index contributed by atoms with van der Waals surface area (Å²) >= 11 is 0. The van der Waals surface area contributed by atoms with Crippen molar-refractivity contribution in [2.75, 3.05) is 0 Å². The highest BCUT2D eigenvalue weighted by Crippen LogP contribution is 2.30. The molecule has 0 heterocycles. The minimum absolute atomic E-state index is 0.0434. The molecular weight excluding hydrogens is 346 g/mol. The lowest BCUT2D eigenvalue weighted by molar-refractivity contribution is -0.154. The van der Waals surface area contributed by atoms with Crippen LogP contribution in [0.2, 0.25) is 0 Å². The number of hydrogen-bond acceptors (Lipinski definition) is 8. The number of benzene rings is 1. The summed E-state index contributed by atoms with van der Waals surface area (Å²) in [6.07, 6.45) is -0.185. The zero-order chi connectivity index (χ0) is 20.1. The van der Waals surface area contributed by atoms with E-state index in [1.54, 1.807) is 0 Å². The highest BCUT2D eigenvalue weighted by Gasteiger charge is 2.54. The molecule has 11 nitrogen and oxygen atoms in total. The fourth-order valence-electron chi connectivity index (χ4n) is 2.43. The van der Waals surface area contributed by atoms with Gasteiger partial charge in [0.15, 0.2) is 11.3 Å². The standard InChI is InChI=1S/C15H19N5O6/c16-9(5-6-21)11(22)15(19,14(24)25)10(13(23)20-26)7-1-3-8(4-2-7)12(17)18/h1-4,6,9-10,26H,5,16,19H2,(H3,17,18)(H,20,23)(H,24,25). The Bertz CT molecular complexity index is 735. The molecule has 3 atom stereocenters. The molecule has 1 rings (SSSR count). The number of carboxylic acids is 1. The molecule has 11 heteroatoms. The van der Waals surface area contributed by atoms with Crippen molar-refractivity contribution in [2.45, 2.75) is 23.9 Å². The van der Waals surface area contributed by atoms with Crippen molar-refractivity contribution in [3.05, 3.63) is 35.4 Å². The van der Waals surface area contributed by atoms with Crippen LogP contribution >= 0.6 is 0 Å². The molecule has 10 N–H and O–H groups in total. The number of hydrogen-bond donors (Lipinski definition) is 7. The van der Waals surface area contributed by atoms with E-state index >= 15 is 0 Å². The van der Waals surface area contributed by atoms with Gasteiger partial charge in [0.1, 0.15) is 18.0 Å². The molecule has 0 saturated heterocycles. The highest BCUT2D eigenvalue weighted by molar-refractivity contribution is 6.15. The number of amidine groups is 1. The number of carboxylic acid groups (broad SMARTS) is 1. The number of nitrogens with one attached hydrogen (secondary N) is 2. The number of ketones is 1. The number of carbonyl (C=O) groups excluding carboxylic acids is 3. The Balaban J connectivity index is 3.53. The van der Waals surface area contributed by atoms with Gasteiger partial charge in [0.25, 0.3) is 5.91 Å². The summed E-state index contributed by atoms with van der Waals surface area (Å²) in [5, 5.41) is 25.8. The van der Waals surface area contributed by atoms with Crippen LogP contribution in [0, 0.1) is 5.41 Å². The first-order valence-electron chi connectivity index (χ1n) is 7.25. The molecule has 0 saturated carbocycles. The van der Waals surface area contributed by atoms with Crippen LogP contribution in [0.4, 0.5) is 0 Å². The largest absolute Gasteiger partial charge is 0.480 e. The summed E-state index contributed by atoms with van der Waals surface area (Å²) in [6.45, 7) is 0. The van der Waals surface area contributed by atoms with Crippen LogP contribution in [0.3, 0.4) is 0 Å². The second-order valence-corrected chi connectivity index (χ2v) is 5.49. The van der Waals surface area contributed by atoms with Crippen LogP contribution in [-0.2, 0) is 19.2 Å². The summed E-state index contributed by atoms with van der Waals surface area (Å²) in [6, 6.07) is 3.54. The average molecular weight is 365 g/mol. The first-order valence-corrected chi connectivity index (χ1v) is 7.25. The van der Waals surface area contributed by atoms with E-state index in [-0.39, 0.29) is 17.0 Å². The maximum atomic E-state index is 12.5. The Morgan fingerprint density at radius 3 is 2.19 bits per heavy atom. The van der Waals surface area contributed by atoms with E-state index < -0.39 is 41.6 Å². The molecule has 1 aromatic carbocycles. The predicted octanol–water partition coefficient (Wildman–Crippen LogP) is -2.17. The normalized spacial score (nSPS) is 15.2. The smallest absolute Gasteiger partial charge is 0.332 e. The third-order valence-electron chi connectivity index (χ3n) is 3.83. The van der Waals surface area contributed by atoms with Gasteiger partial charge in [0.05, 0.1) is 6.04 Å². The summed E-state index contributed by atoms with van der Waals surface area (Å²) in [7, 11) is 0. The second kappa shape index (κ2) is 8.29. The Hall–Kier alpha value is -3.15. The number of aliphatic carboxylic acids is 1. The van der Waals surface area contributed by atoms with Gasteiger partial charge in [-0.25, -0.2) is 10.3 Å². The van der Waals surface area contributed by atoms with Crippen molar-refractivity contribution in [1.82, 2.24) is 5.48 Å². The zero-order valence-corrected chi connectivity index (χ0v) is 13.5. The van der Waals surface area contributed by atoms with Crippen molar-refractivity contribution < 1.29 is 29.5 Å². The first kappa shape index (κ1) is 20.9. The van der Waals surface area contributed by atoms with Crippen LogP contribution in [0.1, 0.15) is 23.5 Å². The number of Topliss-reactive ketones (excluding diaryl/α,β-unsaturated/α-hetero) is 1. The fourth-order valence-corrected chi connectivity index (χ4v) is 2.43. The monoisotopic (exact) mass is 365 g/mol. The van der Waals surface area contributed by atoms with Gasteiger partial charge in [-0.15, -0.1) is 0 Å². The molecule has 1 aromatic rings. The molecule has 0 radical (unpaired) electrons. The lowest BCUT2D eigenvalue weighted by Crippen LogP contribution is -2.66. The Morgan fingerprint density at radius 1 is 1.27 bits per heavy atom. The van der Waals surface area contributed by atoms with E-state index in [0.717, 1.165) is 0 Å². The van der Waals surface area contributed by atoms with Crippen molar-refractivity contribution >= 4 is 29.8 Å². The summed E-state index contributed by atoms with van der Waals surface area (Å²) < 4.78 is 0. The van der Waals surface area contributed by atoms with Crippen LogP contribution in [-0.4, -0.2) is 51.7 Å². The Kier molecular flexibility index (Phi) is 6.66. The number of aldehydes is 1. The number of hydroxylamine groups is 1. The molecule has 3 unspecified atom stereocenters. The van der Waals surface area contributed by atoms with Gasteiger partial charge in [-0.1, -0.05) is 24.3 Å². The third kappa shape index (κ3) is 3.91. The zero-order valence-electron chi connectivity index (χ0n) is 13.5. The molecular formula is C15H19N5O6. The summed E-state index contributed by atoms with van der Waals surface area (Å²) in [5.41, 5.74) is 15.3. The van der Waals surface area contributed by atoms with E-state index in [9.17, 15) is 24.3 Å². The van der Waals surface area contributed by atoms with E-state index in [4.69, 9.17) is 27.8 Å². The number of nitrogen functional groups attached to an aromatic ring is 1. The molecule has 0 aliphatic carbocycles. The van der Waals surface area contributed by atoms with Crippen LogP contribution < -0.4 is 22.7 Å². The van der Waals surface area contributed by atoms with Gasteiger partial charge in [0.2, 0.25) is 0 Å². The number of amides is 1. The van der Waals surface area contributed by atoms with Gasteiger partial charge >= 0.3 is 5.97 Å². The minimum atomic E-state index is -2.85. The minimum Gasteiger partial charge on any atom is -0.480 e.